The molecule has 1 aliphatic carbocycles. The van der Waals surface area contributed by atoms with Gasteiger partial charge in [0.05, 0.1) is 19.0 Å². The third kappa shape index (κ3) is 5.12. The van der Waals surface area contributed by atoms with Gasteiger partial charge in [0.15, 0.2) is 0 Å². The van der Waals surface area contributed by atoms with Crippen LogP contribution in [0.5, 0.6) is 5.75 Å². The van der Waals surface area contributed by atoms with Gasteiger partial charge in [-0.2, -0.15) is 23.8 Å². The summed E-state index contributed by atoms with van der Waals surface area (Å²) in [6.07, 6.45) is 3.82. The summed E-state index contributed by atoms with van der Waals surface area (Å²) in [5.74, 6) is 0.413. The van der Waals surface area contributed by atoms with Crippen LogP contribution in [0.4, 0.5) is 13.2 Å². The fraction of sp³-hybridized carbons (Fsp3) is 0.333. The van der Waals surface area contributed by atoms with E-state index in [1.807, 2.05) is 0 Å². The van der Waals surface area contributed by atoms with Crippen LogP contribution in [0.25, 0.3) is 5.70 Å². The van der Waals surface area contributed by atoms with E-state index in [0.29, 0.717) is 18.3 Å². The predicted octanol–water partition coefficient (Wildman–Crippen LogP) is 4.97. The number of rotatable bonds is 6. The Kier molecular flexibility index (Phi) is 7.18. The van der Waals surface area contributed by atoms with Gasteiger partial charge in [0.1, 0.15) is 5.75 Å². The van der Waals surface area contributed by atoms with E-state index in [-0.39, 0.29) is 54.7 Å². The van der Waals surface area contributed by atoms with Crippen LogP contribution in [0.2, 0.25) is 0 Å². The summed E-state index contributed by atoms with van der Waals surface area (Å²) in [5.41, 5.74) is 0.520. The summed E-state index contributed by atoms with van der Waals surface area (Å²) in [4.78, 5) is 1.18. The van der Waals surface area contributed by atoms with Gasteiger partial charge in [0.25, 0.3) is 6.43 Å². The molecule has 1 heterocycles. The molecule has 1 aliphatic heterocycles. The second kappa shape index (κ2) is 8.74. The molecule has 0 amide bonds. The summed E-state index contributed by atoms with van der Waals surface area (Å²) < 4.78 is 45.7. The minimum atomic E-state index is -2.62. The molecule has 1 saturated carbocycles. The van der Waals surface area contributed by atoms with Crippen molar-refractivity contribution in [2.75, 3.05) is 13.2 Å². The van der Waals surface area contributed by atoms with E-state index in [9.17, 15) is 13.2 Å². The summed E-state index contributed by atoms with van der Waals surface area (Å²) in [5, 5.41) is 0.198. The van der Waals surface area contributed by atoms with Crippen LogP contribution < -0.4 is 4.74 Å². The first-order valence-corrected chi connectivity index (χ1v) is 8.00. The Morgan fingerprint density at radius 2 is 2.08 bits per heavy atom. The van der Waals surface area contributed by atoms with Crippen molar-refractivity contribution < 1.29 is 50.6 Å². The first kappa shape index (κ1) is 20.5. The van der Waals surface area contributed by atoms with Gasteiger partial charge in [-0.15, -0.1) is 6.07 Å². The molecular weight excluding hydrogens is 428 g/mol. The van der Waals surface area contributed by atoms with Gasteiger partial charge in [-0.25, -0.2) is 13.2 Å². The molecule has 0 unspecified atom stereocenters. The molecule has 1 aromatic carbocycles. The Balaban J connectivity index is 0.00000225. The maximum absolute atomic E-state index is 14.5. The number of halogens is 4. The topological polar surface area (TPSA) is 12.5 Å². The largest absolute Gasteiger partial charge is 0.493 e. The average molecular weight is 444 g/mol. The molecule has 0 N–H and O–H groups in total. The van der Waals surface area contributed by atoms with Crippen molar-refractivity contribution in [1.29, 1.82) is 0 Å². The smallest absolute Gasteiger partial charge is 0.256 e. The maximum atomic E-state index is 14.5. The minimum Gasteiger partial charge on any atom is -0.493 e. The van der Waals surface area contributed by atoms with Crippen LogP contribution in [-0.4, -0.2) is 24.5 Å². The Morgan fingerprint density at radius 3 is 2.68 bits per heavy atom. The number of ether oxygens (including phenoxy) is 1. The molecule has 1 aromatic rings. The van der Waals surface area contributed by atoms with Gasteiger partial charge in [-0.05, 0) is 35.6 Å². The number of nitrogens with zero attached hydrogens (tertiary/aromatic N) is 1. The zero-order valence-corrected chi connectivity index (χ0v) is 17.0. The minimum absolute atomic E-state index is 0. The van der Waals surface area contributed by atoms with Gasteiger partial charge < -0.3 is 9.64 Å². The molecule has 0 bridgehead atoms. The third-order valence-electron chi connectivity index (χ3n) is 3.91. The van der Waals surface area contributed by atoms with E-state index in [1.54, 1.807) is 6.07 Å². The fourth-order valence-electron chi connectivity index (χ4n) is 2.40. The zero-order chi connectivity index (χ0) is 17.3. The summed E-state index contributed by atoms with van der Waals surface area (Å²) in [6, 6.07) is 4.38. The van der Waals surface area contributed by atoms with Gasteiger partial charge in [-0.1, -0.05) is 17.8 Å². The molecule has 0 saturated heterocycles. The fourth-order valence-corrected chi connectivity index (χ4v) is 2.55. The molecule has 25 heavy (non-hydrogen) atoms. The monoisotopic (exact) mass is 443 g/mol. The standard InChI is InChI=1S/C18H16ClF3NO.Y/c1-11-15(19)6-7-17(23(11)9-18(21)22)14-5-4-13(8-16(14)20)24-10-12-2-3-12;/h4-6,8,12,18H,1-3,9-10H2;/q-1;. The van der Waals surface area contributed by atoms with Gasteiger partial charge in [0.2, 0.25) is 0 Å². The SMILES string of the molecule is C=C1C(Cl)=C[C-]=C(c2ccc(OCC3CC3)cc2F)N1CC(F)F.[Y]. The average Bonchev–Trinajstić information content (AvgIpc) is 3.35. The maximum Gasteiger partial charge on any atom is 0.256 e. The van der Waals surface area contributed by atoms with Crippen molar-refractivity contribution in [3.8, 4) is 5.75 Å². The molecule has 1 radical (unpaired) electrons. The van der Waals surface area contributed by atoms with E-state index in [4.69, 9.17) is 16.3 Å². The third-order valence-corrected chi connectivity index (χ3v) is 4.23. The first-order chi connectivity index (χ1) is 11.5. The van der Waals surface area contributed by atoms with Crippen molar-refractivity contribution in [3.05, 3.63) is 59.0 Å². The van der Waals surface area contributed by atoms with Crippen molar-refractivity contribution >= 4 is 17.3 Å². The quantitative estimate of drug-likeness (QED) is 0.576. The number of hydrogen-bond donors (Lipinski definition) is 0. The van der Waals surface area contributed by atoms with Crippen molar-refractivity contribution in [3.63, 3.8) is 0 Å². The Hall–Kier alpha value is -0.776. The predicted molar refractivity (Wildman–Crippen MR) is 87.1 cm³/mol. The number of allylic oxidation sites excluding steroid dienone is 3. The van der Waals surface area contributed by atoms with E-state index in [2.05, 4.69) is 12.7 Å². The van der Waals surface area contributed by atoms with Crippen LogP contribution in [0.1, 0.15) is 18.4 Å². The van der Waals surface area contributed by atoms with E-state index in [1.165, 1.54) is 23.1 Å². The van der Waals surface area contributed by atoms with Crippen molar-refractivity contribution in [2.24, 2.45) is 5.92 Å². The number of alkyl halides is 2. The molecular formula is C18H16ClF3NOY-. The number of benzene rings is 1. The normalized spacial score (nSPS) is 17.2. The van der Waals surface area contributed by atoms with Crippen molar-refractivity contribution in [1.82, 2.24) is 4.90 Å². The Morgan fingerprint density at radius 1 is 1.36 bits per heavy atom. The molecule has 2 aliphatic rings. The molecule has 131 valence electrons. The van der Waals surface area contributed by atoms with Crippen LogP contribution in [0, 0.1) is 17.8 Å². The molecule has 7 heteroatoms. The molecule has 0 atom stereocenters. The second-order valence-corrected chi connectivity index (χ2v) is 6.24. The van der Waals surface area contributed by atoms with Crippen LogP contribution >= 0.6 is 11.6 Å². The summed E-state index contributed by atoms with van der Waals surface area (Å²) in [6.45, 7) is 3.63. The Labute approximate surface area is 175 Å². The van der Waals surface area contributed by atoms with E-state index in [0.717, 1.165) is 12.8 Å². The van der Waals surface area contributed by atoms with Gasteiger partial charge >= 0.3 is 0 Å². The van der Waals surface area contributed by atoms with Gasteiger partial charge in [-0.3, -0.25) is 0 Å². The van der Waals surface area contributed by atoms with Crippen LogP contribution in [-0.2, 0) is 32.7 Å². The second-order valence-electron chi connectivity index (χ2n) is 5.83. The van der Waals surface area contributed by atoms with E-state index < -0.39 is 18.8 Å². The molecule has 0 aromatic heterocycles. The zero-order valence-electron chi connectivity index (χ0n) is 13.4. The van der Waals surface area contributed by atoms with E-state index >= 15 is 0 Å². The first-order valence-electron chi connectivity index (χ1n) is 7.62. The summed E-state index contributed by atoms with van der Waals surface area (Å²) in [7, 11) is 0. The van der Waals surface area contributed by atoms with Crippen LogP contribution in [0.15, 0.2) is 41.6 Å². The number of hydrogen-bond acceptors (Lipinski definition) is 2. The van der Waals surface area contributed by atoms with Crippen LogP contribution in [0.3, 0.4) is 0 Å². The molecule has 0 spiro atoms. The molecule has 2 nitrogen and oxygen atoms in total. The van der Waals surface area contributed by atoms with Crippen molar-refractivity contribution in [2.45, 2.75) is 19.3 Å². The molecule has 3 rings (SSSR count). The van der Waals surface area contributed by atoms with Gasteiger partial charge in [0, 0.05) is 38.8 Å². The Bertz CT molecular complexity index is 716. The summed E-state index contributed by atoms with van der Waals surface area (Å²) >= 11 is 5.93. The molecule has 1 fully saturated rings.